The van der Waals surface area contributed by atoms with Crippen LogP contribution in [0.1, 0.15) is 61.6 Å². The van der Waals surface area contributed by atoms with Crippen LogP contribution in [0.25, 0.3) is 0 Å². The number of aromatic hydroxyl groups is 1. The van der Waals surface area contributed by atoms with E-state index in [0.717, 1.165) is 30.4 Å². The molecule has 2 aliphatic rings. The van der Waals surface area contributed by atoms with Crippen molar-refractivity contribution in [3.63, 3.8) is 0 Å². The highest BCUT2D eigenvalue weighted by Crippen LogP contribution is 2.55. The number of phenols is 1. The molecule has 0 radical (unpaired) electrons. The first-order valence-electron chi connectivity index (χ1n) is 7.90. The van der Waals surface area contributed by atoms with Crippen LogP contribution in [-0.4, -0.2) is 16.3 Å². The zero-order valence-electron chi connectivity index (χ0n) is 12.8. The Morgan fingerprint density at radius 2 is 1.75 bits per heavy atom. The summed E-state index contributed by atoms with van der Waals surface area (Å²) in [7, 11) is 0. The minimum Gasteiger partial charge on any atom is -0.507 e. The van der Waals surface area contributed by atoms with Gasteiger partial charge < -0.3 is 10.2 Å². The Morgan fingerprint density at radius 3 is 2.40 bits per heavy atom. The number of aliphatic hydroxyl groups is 1. The molecular weight excluding hydrogens is 248 g/mol. The monoisotopic (exact) mass is 274 g/mol. The van der Waals surface area contributed by atoms with Crippen LogP contribution in [0.5, 0.6) is 5.75 Å². The van der Waals surface area contributed by atoms with Gasteiger partial charge in [-0.3, -0.25) is 0 Å². The molecule has 20 heavy (non-hydrogen) atoms. The van der Waals surface area contributed by atoms with E-state index in [1.54, 1.807) is 0 Å². The lowest BCUT2D eigenvalue weighted by Gasteiger charge is -2.42. The molecule has 2 fully saturated rings. The van der Waals surface area contributed by atoms with Crippen LogP contribution in [0, 0.1) is 25.2 Å². The van der Waals surface area contributed by atoms with E-state index in [1.165, 1.54) is 18.4 Å². The fourth-order valence-electron chi connectivity index (χ4n) is 4.52. The molecule has 2 heteroatoms. The largest absolute Gasteiger partial charge is 0.507 e. The van der Waals surface area contributed by atoms with E-state index in [-0.39, 0.29) is 11.5 Å². The van der Waals surface area contributed by atoms with E-state index in [1.807, 2.05) is 13.8 Å². The van der Waals surface area contributed by atoms with Crippen LogP contribution < -0.4 is 0 Å². The summed E-state index contributed by atoms with van der Waals surface area (Å²) in [5.74, 6) is 1.69. The summed E-state index contributed by atoms with van der Waals surface area (Å²) in [5, 5.41) is 20.2. The van der Waals surface area contributed by atoms with Gasteiger partial charge in [-0.25, -0.2) is 0 Å². The first-order valence-corrected chi connectivity index (χ1v) is 7.90. The van der Waals surface area contributed by atoms with Gasteiger partial charge in [0.05, 0.1) is 6.10 Å². The highest BCUT2D eigenvalue weighted by Gasteiger charge is 2.48. The quantitative estimate of drug-likeness (QED) is 0.811. The van der Waals surface area contributed by atoms with Gasteiger partial charge in [-0.15, -0.1) is 0 Å². The first-order chi connectivity index (χ1) is 9.41. The van der Waals surface area contributed by atoms with Gasteiger partial charge in [-0.2, -0.15) is 0 Å². The lowest BCUT2D eigenvalue weighted by atomic mass is 9.64. The van der Waals surface area contributed by atoms with Crippen molar-refractivity contribution >= 4 is 0 Å². The Balaban J connectivity index is 1.84. The maximum absolute atomic E-state index is 10.2. The summed E-state index contributed by atoms with van der Waals surface area (Å²) in [6.07, 6.45) is 5.52. The van der Waals surface area contributed by atoms with Crippen molar-refractivity contribution in [3.05, 3.63) is 28.8 Å². The second-order valence-electron chi connectivity index (χ2n) is 7.27. The average molecular weight is 274 g/mol. The minimum absolute atomic E-state index is 0.100. The molecule has 0 heterocycles. The van der Waals surface area contributed by atoms with Crippen LogP contribution in [-0.2, 0) is 0 Å². The van der Waals surface area contributed by atoms with E-state index in [4.69, 9.17) is 0 Å². The summed E-state index contributed by atoms with van der Waals surface area (Å²) in [6, 6.07) is 4.31. The van der Waals surface area contributed by atoms with E-state index in [0.29, 0.717) is 17.6 Å². The topological polar surface area (TPSA) is 40.5 Å². The number of rotatable bonds is 1. The predicted molar refractivity (Wildman–Crippen MR) is 81.0 cm³/mol. The molecule has 1 aromatic rings. The van der Waals surface area contributed by atoms with Gasteiger partial charge in [-0.1, -0.05) is 19.1 Å². The molecule has 0 amide bonds. The number of aliphatic hydroxyl groups excluding tert-OH is 1. The Labute approximate surface area is 121 Å². The van der Waals surface area contributed by atoms with Crippen molar-refractivity contribution in [1.82, 2.24) is 0 Å². The smallest absolute Gasteiger partial charge is 0.121 e. The van der Waals surface area contributed by atoms with Crippen molar-refractivity contribution in [3.8, 4) is 5.75 Å². The summed E-state index contributed by atoms with van der Waals surface area (Å²) in [6.45, 7) is 6.25. The SMILES string of the molecule is Cc1cc([C@H]2CC[C@@]3(C)[C@H](CC[C@@H]3O)C2)cc(C)c1O. The molecule has 2 N–H and O–H groups in total. The Hall–Kier alpha value is -1.02. The number of hydrogen-bond donors (Lipinski definition) is 2. The molecule has 4 atom stereocenters. The number of fused-ring (bicyclic) bond motifs is 1. The van der Waals surface area contributed by atoms with Crippen LogP contribution in [0.4, 0.5) is 0 Å². The maximum atomic E-state index is 10.2. The fourth-order valence-corrected chi connectivity index (χ4v) is 4.52. The molecule has 0 unspecified atom stereocenters. The van der Waals surface area contributed by atoms with Crippen molar-refractivity contribution in [2.75, 3.05) is 0 Å². The number of benzene rings is 1. The predicted octanol–water partition coefficient (Wildman–Crippen LogP) is 4.05. The average Bonchev–Trinajstić information content (AvgIpc) is 2.71. The third-order valence-corrected chi connectivity index (χ3v) is 6.07. The highest BCUT2D eigenvalue weighted by atomic mass is 16.3. The molecule has 2 saturated carbocycles. The molecule has 2 aliphatic carbocycles. The van der Waals surface area contributed by atoms with Crippen molar-refractivity contribution in [1.29, 1.82) is 0 Å². The zero-order chi connectivity index (χ0) is 14.5. The van der Waals surface area contributed by atoms with Crippen LogP contribution in [0.15, 0.2) is 12.1 Å². The molecular formula is C18H26O2. The first kappa shape index (κ1) is 13.9. The third-order valence-electron chi connectivity index (χ3n) is 6.07. The lowest BCUT2D eigenvalue weighted by molar-refractivity contribution is 0.00871. The minimum atomic E-state index is -0.100. The van der Waals surface area contributed by atoms with Gasteiger partial charge in [0.15, 0.2) is 0 Å². The zero-order valence-corrected chi connectivity index (χ0v) is 12.8. The second-order valence-corrected chi connectivity index (χ2v) is 7.27. The van der Waals surface area contributed by atoms with Crippen LogP contribution in [0.3, 0.4) is 0 Å². The molecule has 0 spiro atoms. The van der Waals surface area contributed by atoms with Crippen molar-refractivity contribution in [2.45, 2.75) is 64.9 Å². The molecule has 1 aromatic carbocycles. The molecule has 0 bridgehead atoms. The Kier molecular flexibility index (Phi) is 3.32. The summed E-state index contributed by atoms with van der Waals surface area (Å²) >= 11 is 0. The molecule has 3 rings (SSSR count). The van der Waals surface area contributed by atoms with E-state index in [2.05, 4.69) is 19.1 Å². The number of aryl methyl sites for hydroxylation is 2. The Morgan fingerprint density at radius 1 is 1.10 bits per heavy atom. The molecule has 0 aromatic heterocycles. The van der Waals surface area contributed by atoms with Crippen molar-refractivity contribution in [2.24, 2.45) is 11.3 Å². The van der Waals surface area contributed by atoms with Gasteiger partial charge >= 0.3 is 0 Å². The molecule has 0 saturated heterocycles. The van der Waals surface area contributed by atoms with E-state index in [9.17, 15) is 10.2 Å². The third kappa shape index (κ3) is 2.05. The maximum Gasteiger partial charge on any atom is 0.121 e. The Bertz CT molecular complexity index is 499. The number of hydrogen-bond acceptors (Lipinski definition) is 2. The van der Waals surface area contributed by atoms with E-state index < -0.39 is 0 Å². The molecule has 110 valence electrons. The van der Waals surface area contributed by atoms with Gasteiger partial charge in [0.1, 0.15) is 5.75 Å². The fraction of sp³-hybridized carbons (Fsp3) is 0.667. The van der Waals surface area contributed by atoms with Crippen LogP contribution in [0.2, 0.25) is 0 Å². The van der Waals surface area contributed by atoms with Gasteiger partial charge in [0, 0.05) is 0 Å². The van der Waals surface area contributed by atoms with E-state index >= 15 is 0 Å². The van der Waals surface area contributed by atoms with Gasteiger partial charge in [0.2, 0.25) is 0 Å². The standard InChI is InChI=1S/C18H26O2/c1-11-8-14(9-12(2)17(11)20)13-6-7-18(3)15(10-13)4-5-16(18)19/h8-9,13,15-16,19-20H,4-7,10H2,1-3H3/t13-,15+,16-,18-/m0/s1. The normalized spacial score (nSPS) is 36.9. The van der Waals surface area contributed by atoms with Gasteiger partial charge in [0.25, 0.3) is 0 Å². The summed E-state index contributed by atoms with van der Waals surface area (Å²) in [5.41, 5.74) is 3.50. The summed E-state index contributed by atoms with van der Waals surface area (Å²) in [4.78, 5) is 0. The molecule has 0 aliphatic heterocycles. The second kappa shape index (κ2) is 4.77. The lowest BCUT2D eigenvalue weighted by Crippen LogP contribution is -2.37. The number of phenolic OH excluding ortho intramolecular Hbond substituents is 1. The summed E-state index contributed by atoms with van der Waals surface area (Å²) < 4.78 is 0. The highest BCUT2D eigenvalue weighted by molar-refractivity contribution is 5.43. The molecule has 2 nitrogen and oxygen atoms in total. The van der Waals surface area contributed by atoms with Crippen molar-refractivity contribution < 1.29 is 10.2 Å². The van der Waals surface area contributed by atoms with Gasteiger partial charge in [-0.05, 0) is 79.9 Å². The van der Waals surface area contributed by atoms with Crippen LogP contribution >= 0.6 is 0 Å².